The Morgan fingerprint density at radius 2 is 0.966 bits per heavy atom. The van der Waals surface area contributed by atoms with E-state index in [-0.39, 0.29) is 0 Å². The molecule has 58 heavy (non-hydrogen) atoms. The zero-order chi connectivity index (χ0) is 37.6. The highest BCUT2D eigenvalue weighted by Crippen LogP contribution is 2.48. The molecule has 0 saturated carbocycles. The summed E-state index contributed by atoms with van der Waals surface area (Å²) in [4.78, 5) is 10.8. The van der Waals surface area contributed by atoms with Crippen LogP contribution in [0.3, 0.4) is 0 Å². The number of aromatic nitrogens is 4. The average Bonchev–Trinajstić information content (AvgIpc) is 4.01. The van der Waals surface area contributed by atoms with Crippen LogP contribution in [-0.2, 0) is 0 Å². The number of nitrogens with zero attached hydrogens (tertiary/aromatic N) is 4. The van der Waals surface area contributed by atoms with Gasteiger partial charge in [0.1, 0.15) is 16.7 Å². The molecule has 6 nitrogen and oxygen atoms in total. The van der Waals surface area contributed by atoms with Crippen molar-refractivity contribution in [3.05, 3.63) is 170 Å². The standard InChI is InChI=1S/C52H28N4O2/c1-2-14-30-29(13-1)31-15-3-7-23-41(31)55-43-27-39-32-16-4-8-24-42(32)56(44(39)28-40(43)35-20-11-19-34(30)49(35)55)52-53-48(47-37-18-6-10-26-46(37)58-51(47)54-52)38-22-12-21-36-33-17-5-9-25-45(33)57-50(36)38/h1-28H. The van der Waals surface area contributed by atoms with Gasteiger partial charge in [-0.25, -0.2) is 4.98 Å². The van der Waals surface area contributed by atoms with Crippen LogP contribution in [-0.4, -0.2) is 19.1 Å². The lowest BCUT2D eigenvalue weighted by atomic mass is 9.94. The Labute approximate surface area is 329 Å². The summed E-state index contributed by atoms with van der Waals surface area (Å²) < 4.78 is 17.9. The molecule has 0 aliphatic carbocycles. The quantitative estimate of drug-likeness (QED) is 0.177. The van der Waals surface area contributed by atoms with E-state index in [1.165, 1.54) is 44.2 Å². The van der Waals surface area contributed by atoms with E-state index in [4.69, 9.17) is 18.8 Å². The highest BCUT2D eigenvalue weighted by Gasteiger charge is 2.27. The molecular weight excluding hydrogens is 713 g/mol. The van der Waals surface area contributed by atoms with Gasteiger partial charge < -0.3 is 13.4 Å². The van der Waals surface area contributed by atoms with Crippen LogP contribution in [0.2, 0.25) is 0 Å². The minimum atomic E-state index is 0.528. The van der Waals surface area contributed by atoms with Crippen LogP contribution < -0.4 is 0 Å². The van der Waals surface area contributed by atoms with E-state index < -0.39 is 0 Å². The Morgan fingerprint density at radius 1 is 0.379 bits per heavy atom. The highest BCUT2D eigenvalue weighted by molar-refractivity contribution is 6.22. The molecule has 0 spiro atoms. The van der Waals surface area contributed by atoms with Crippen molar-refractivity contribution in [2.24, 2.45) is 0 Å². The van der Waals surface area contributed by atoms with Crippen LogP contribution in [0.5, 0.6) is 0 Å². The molecule has 0 saturated heterocycles. The summed E-state index contributed by atoms with van der Waals surface area (Å²) in [6.45, 7) is 0. The maximum Gasteiger partial charge on any atom is 0.238 e. The molecule has 0 unspecified atom stereocenters. The molecule has 1 aliphatic rings. The predicted octanol–water partition coefficient (Wildman–Crippen LogP) is 13.8. The molecule has 0 amide bonds. The second kappa shape index (κ2) is 10.9. The molecule has 1 aliphatic heterocycles. The molecule has 0 fully saturated rings. The van der Waals surface area contributed by atoms with Crippen LogP contribution >= 0.6 is 0 Å². The van der Waals surface area contributed by atoms with Gasteiger partial charge in [0.05, 0.1) is 38.8 Å². The normalized spacial score (nSPS) is 12.5. The summed E-state index contributed by atoms with van der Waals surface area (Å²) >= 11 is 0. The zero-order valence-corrected chi connectivity index (χ0v) is 30.8. The monoisotopic (exact) mass is 740 g/mol. The summed E-state index contributed by atoms with van der Waals surface area (Å²) in [5, 5.41) is 8.54. The number of para-hydroxylation sites is 6. The fraction of sp³-hybridized carbons (Fsp3) is 0. The molecule has 0 atom stereocenters. The molecule has 0 N–H and O–H groups in total. The largest absolute Gasteiger partial charge is 0.455 e. The molecule has 6 heterocycles. The van der Waals surface area contributed by atoms with E-state index >= 15 is 0 Å². The predicted molar refractivity (Wildman–Crippen MR) is 235 cm³/mol. The average molecular weight is 741 g/mol. The number of benzene rings is 8. The lowest BCUT2D eigenvalue weighted by Gasteiger charge is -2.12. The molecule has 13 aromatic rings. The number of fused-ring (bicyclic) bond motifs is 17. The van der Waals surface area contributed by atoms with Crippen molar-refractivity contribution in [2.45, 2.75) is 0 Å². The van der Waals surface area contributed by atoms with E-state index in [1.807, 2.05) is 30.3 Å². The van der Waals surface area contributed by atoms with E-state index in [0.29, 0.717) is 11.7 Å². The van der Waals surface area contributed by atoms with Crippen molar-refractivity contribution < 1.29 is 8.83 Å². The van der Waals surface area contributed by atoms with Gasteiger partial charge in [-0.15, -0.1) is 0 Å². The molecule has 0 bridgehead atoms. The summed E-state index contributed by atoms with van der Waals surface area (Å²) in [5.41, 5.74) is 15.1. The van der Waals surface area contributed by atoms with Gasteiger partial charge in [-0.2, -0.15) is 4.98 Å². The van der Waals surface area contributed by atoms with Crippen LogP contribution in [0.15, 0.2) is 179 Å². The van der Waals surface area contributed by atoms with Gasteiger partial charge in [-0.05, 0) is 53.6 Å². The Bertz CT molecular complexity index is 3930. The third-order valence-corrected chi connectivity index (χ3v) is 12.3. The lowest BCUT2D eigenvalue weighted by Crippen LogP contribution is -2.03. The van der Waals surface area contributed by atoms with Crippen LogP contribution in [0.4, 0.5) is 0 Å². The van der Waals surface area contributed by atoms with Crippen molar-refractivity contribution in [3.8, 4) is 45.1 Å². The maximum absolute atomic E-state index is 6.62. The minimum absolute atomic E-state index is 0.528. The lowest BCUT2D eigenvalue weighted by molar-refractivity contribution is 0.651. The third kappa shape index (κ3) is 3.81. The highest BCUT2D eigenvalue weighted by atomic mass is 16.3. The second-order valence-corrected chi connectivity index (χ2v) is 15.3. The molecule has 8 aromatic carbocycles. The molecule has 14 rings (SSSR count). The summed E-state index contributed by atoms with van der Waals surface area (Å²) in [5.74, 6) is 0.532. The van der Waals surface area contributed by atoms with E-state index in [2.05, 4.69) is 149 Å². The molecule has 5 aromatic heterocycles. The maximum atomic E-state index is 6.62. The number of furan rings is 2. The second-order valence-electron chi connectivity index (χ2n) is 15.3. The fourth-order valence-corrected chi connectivity index (χ4v) is 9.90. The Kier molecular flexibility index (Phi) is 5.68. The molecule has 6 heteroatoms. The van der Waals surface area contributed by atoms with Crippen LogP contribution in [0.25, 0.3) is 133 Å². The van der Waals surface area contributed by atoms with Crippen molar-refractivity contribution in [1.82, 2.24) is 19.1 Å². The molecule has 0 radical (unpaired) electrons. The topological polar surface area (TPSA) is 61.9 Å². The molecular formula is C52H28N4O2. The summed E-state index contributed by atoms with van der Waals surface area (Å²) in [6.07, 6.45) is 0. The van der Waals surface area contributed by atoms with Crippen molar-refractivity contribution >= 4 is 87.6 Å². The third-order valence-electron chi connectivity index (χ3n) is 12.3. The SMILES string of the molecule is c1ccc2c(c1)-c1ccccc1-n1c3cc4c5ccccc5n(-c5nc(-c6cccc7c6oc6ccccc67)c6c(n5)oc5ccccc56)c4cc3c3cccc-2c31. The first-order valence-electron chi connectivity index (χ1n) is 19.6. The van der Waals surface area contributed by atoms with E-state index in [1.54, 1.807) is 0 Å². The van der Waals surface area contributed by atoms with E-state index in [0.717, 1.165) is 76.9 Å². The molecule has 268 valence electrons. The number of rotatable bonds is 2. The Balaban J connectivity index is 1.12. The first-order valence-corrected chi connectivity index (χ1v) is 19.6. The van der Waals surface area contributed by atoms with Crippen LogP contribution in [0, 0.1) is 0 Å². The fourth-order valence-electron chi connectivity index (χ4n) is 9.90. The van der Waals surface area contributed by atoms with Gasteiger partial charge in [0.25, 0.3) is 0 Å². The first-order chi connectivity index (χ1) is 28.8. The first kappa shape index (κ1) is 30.3. The van der Waals surface area contributed by atoms with Gasteiger partial charge in [0.2, 0.25) is 11.7 Å². The van der Waals surface area contributed by atoms with Crippen LogP contribution in [0.1, 0.15) is 0 Å². The van der Waals surface area contributed by atoms with Crippen molar-refractivity contribution in [2.75, 3.05) is 0 Å². The van der Waals surface area contributed by atoms with Gasteiger partial charge in [-0.3, -0.25) is 4.57 Å². The number of hydrogen-bond donors (Lipinski definition) is 0. The Morgan fingerprint density at radius 3 is 1.81 bits per heavy atom. The van der Waals surface area contributed by atoms with E-state index in [9.17, 15) is 0 Å². The summed E-state index contributed by atoms with van der Waals surface area (Å²) in [7, 11) is 0. The minimum Gasteiger partial charge on any atom is -0.455 e. The smallest absolute Gasteiger partial charge is 0.238 e. The van der Waals surface area contributed by atoms with Gasteiger partial charge in [0, 0.05) is 54.4 Å². The van der Waals surface area contributed by atoms with Crippen molar-refractivity contribution in [3.63, 3.8) is 0 Å². The number of hydrogen-bond acceptors (Lipinski definition) is 4. The van der Waals surface area contributed by atoms with Gasteiger partial charge in [0.15, 0.2) is 0 Å². The zero-order valence-electron chi connectivity index (χ0n) is 30.8. The van der Waals surface area contributed by atoms with Gasteiger partial charge >= 0.3 is 0 Å². The van der Waals surface area contributed by atoms with Gasteiger partial charge in [-0.1, -0.05) is 127 Å². The van der Waals surface area contributed by atoms with Crippen molar-refractivity contribution in [1.29, 1.82) is 0 Å². The summed E-state index contributed by atoms with van der Waals surface area (Å²) in [6, 6.07) is 60.2. The Hall–Kier alpha value is -7.96.